The molecule has 0 radical (unpaired) electrons. The van der Waals surface area contributed by atoms with E-state index in [1.807, 2.05) is 24.3 Å². The van der Waals surface area contributed by atoms with E-state index in [9.17, 15) is 4.79 Å². The Labute approximate surface area is 127 Å². The third-order valence-electron chi connectivity index (χ3n) is 2.66. The maximum Gasteiger partial charge on any atom is 0.255 e. The molecule has 0 N–H and O–H groups in total. The van der Waals surface area contributed by atoms with Crippen LogP contribution in [0, 0.1) is 14.9 Å². The monoisotopic (exact) mass is 420 g/mol. The van der Waals surface area contributed by atoms with Crippen molar-refractivity contribution in [3.8, 4) is 6.07 Å². The van der Waals surface area contributed by atoms with Crippen molar-refractivity contribution in [1.29, 1.82) is 5.26 Å². The van der Waals surface area contributed by atoms with E-state index < -0.39 is 6.10 Å². The van der Waals surface area contributed by atoms with Gasteiger partial charge in [-0.05, 0) is 56.7 Å². The van der Waals surface area contributed by atoms with Gasteiger partial charge in [0.05, 0.1) is 24.8 Å². The summed E-state index contributed by atoms with van der Waals surface area (Å²) >= 11 is 5.55. The first-order chi connectivity index (χ1) is 8.61. The number of carbonyl (C=O) groups excluding carboxylic acids is 1. The van der Waals surface area contributed by atoms with Crippen molar-refractivity contribution in [2.24, 2.45) is 0 Å². The highest BCUT2D eigenvalue weighted by molar-refractivity contribution is 14.1. The first-order valence-electron chi connectivity index (χ1n) is 5.37. The van der Waals surface area contributed by atoms with Crippen molar-refractivity contribution in [3.63, 3.8) is 0 Å². The molecule has 1 unspecified atom stereocenters. The van der Waals surface area contributed by atoms with Crippen LogP contribution in [0.2, 0.25) is 0 Å². The van der Waals surface area contributed by atoms with Crippen LogP contribution in [-0.4, -0.2) is 36.6 Å². The standard InChI is InChI=1S/C12H10BrIN2O2/c13-11-2-1-8(14)5-10(11)12(17)16-3-4-18-9(6-15)7-16/h1-2,5,9H,3-4,7H2. The Morgan fingerprint density at radius 3 is 3.11 bits per heavy atom. The van der Waals surface area contributed by atoms with Crippen molar-refractivity contribution in [2.45, 2.75) is 6.10 Å². The molecule has 1 aliphatic rings. The quantitative estimate of drug-likeness (QED) is 0.655. The molecule has 1 amide bonds. The second kappa shape index (κ2) is 5.99. The molecule has 6 heteroatoms. The first-order valence-corrected chi connectivity index (χ1v) is 7.24. The van der Waals surface area contributed by atoms with Crippen molar-refractivity contribution < 1.29 is 9.53 Å². The summed E-state index contributed by atoms with van der Waals surface area (Å²) < 4.78 is 7.00. The number of carbonyl (C=O) groups is 1. The normalized spacial score (nSPS) is 19.4. The summed E-state index contributed by atoms with van der Waals surface area (Å²) in [5.74, 6) is -0.0658. The van der Waals surface area contributed by atoms with Crippen LogP contribution in [0.15, 0.2) is 22.7 Å². The molecule has 1 aromatic rings. The van der Waals surface area contributed by atoms with E-state index in [1.165, 1.54) is 0 Å². The van der Waals surface area contributed by atoms with Gasteiger partial charge in [-0.1, -0.05) is 0 Å². The van der Waals surface area contributed by atoms with Gasteiger partial charge in [-0.2, -0.15) is 5.26 Å². The molecule has 1 heterocycles. The van der Waals surface area contributed by atoms with E-state index in [0.717, 1.165) is 8.04 Å². The molecule has 1 fully saturated rings. The number of amides is 1. The van der Waals surface area contributed by atoms with Gasteiger partial charge in [-0.25, -0.2) is 0 Å². The Kier molecular flexibility index (Phi) is 4.59. The van der Waals surface area contributed by atoms with Crippen molar-refractivity contribution in [1.82, 2.24) is 4.90 Å². The van der Waals surface area contributed by atoms with Gasteiger partial charge in [0, 0.05) is 14.6 Å². The van der Waals surface area contributed by atoms with Gasteiger partial charge in [0.25, 0.3) is 5.91 Å². The number of rotatable bonds is 1. The van der Waals surface area contributed by atoms with Gasteiger partial charge >= 0.3 is 0 Å². The SMILES string of the molecule is N#CC1CN(C(=O)c2cc(I)ccc2Br)CCO1. The second-order valence-electron chi connectivity index (χ2n) is 3.86. The minimum absolute atomic E-state index is 0.0658. The van der Waals surface area contributed by atoms with Crippen LogP contribution in [0.25, 0.3) is 0 Å². The van der Waals surface area contributed by atoms with Crippen LogP contribution in [0.4, 0.5) is 0 Å². The van der Waals surface area contributed by atoms with Crippen LogP contribution in [0.3, 0.4) is 0 Å². The van der Waals surface area contributed by atoms with E-state index in [4.69, 9.17) is 10.00 Å². The number of halogens is 2. The average Bonchev–Trinajstić information content (AvgIpc) is 2.41. The summed E-state index contributed by atoms with van der Waals surface area (Å²) in [6.45, 7) is 1.26. The molecule has 0 aliphatic carbocycles. The molecule has 0 saturated carbocycles. The number of ether oxygens (including phenoxy) is 1. The smallest absolute Gasteiger partial charge is 0.255 e. The fourth-order valence-electron chi connectivity index (χ4n) is 1.74. The Morgan fingerprint density at radius 2 is 2.39 bits per heavy atom. The lowest BCUT2D eigenvalue weighted by molar-refractivity contribution is 0.00342. The van der Waals surface area contributed by atoms with E-state index in [-0.39, 0.29) is 5.91 Å². The van der Waals surface area contributed by atoms with Gasteiger partial charge < -0.3 is 9.64 Å². The van der Waals surface area contributed by atoms with Gasteiger partial charge in [0.15, 0.2) is 6.10 Å². The first kappa shape index (κ1) is 13.8. The number of hydrogen-bond acceptors (Lipinski definition) is 3. The summed E-state index contributed by atoms with van der Waals surface area (Å²) in [6, 6.07) is 7.66. The van der Waals surface area contributed by atoms with E-state index >= 15 is 0 Å². The Hall–Kier alpha value is -0.650. The number of nitriles is 1. The largest absolute Gasteiger partial charge is 0.360 e. The molecule has 0 bridgehead atoms. The molecule has 1 aromatic carbocycles. The molecule has 1 aliphatic heterocycles. The van der Waals surface area contributed by atoms with Crippen LogP contribution in [0.1, 0.15) is 10.4 Å². The van der Waals surface area contributed by atoms with E-state index in [1.54, 1.807) is 4.90 Å². The molecule has 94 valence electrons. The molecule has 1 atom stereocenters. The molecule has 0 spiro atoms. The topological polar surface area (TPSA) is 53.3 Å². The Morgan fingerprint density at radius 1 is 1.61 bits per heavy atom. The lowest BCUT2D eigenvalue weighted by Gasteiger charge is -2.30. The Bertz CT molecular complexity index is 515. The van der Waals surface area contributed by atoms with E-state index in [0.29, 0.717) is 25.3 Å². The van der Waals surface area contributed by atoms with E-state index in [2.05, 4.69) is 38.5 Å². The molecule has 1 saturated heterocycles. The van der Waals surface area contributed by atoms with Crippen molar-refractivity contribution in [3.05, 3.63) is 31.8 Å². The number of benzene rings is 1. The molecule has 4 nitrogen and oxygen atoms in total. The predicted octanol–water partition coefficient (Wildman–Crippen LogP) is 2.42. The lowest BCUT2D eigenvalue weighted by Crippen LogP contribution is -2.45. The number of morpholine rings is 1. The zero-order valence-electron chi connectivity index (χ0n) is 9.40. The molecule has 18 heavy (non-hydrogen) atoms. The average molecular weight is 421 g/mol. The predicted molar refractivity (Wildman–Crippen MR) is 78.1 cm³/mol. The summed E-state index contributed by atoms with van der Waals surface area (Å²) in [4.78, 5) is 14.0. The number of hydrogen-bond donors (Lipinski definition) is 0. The van der Waals surface area contributed by atoms with Gasteiger partial charge in [0.2, 0.25) is 0 Å². The molecular weight excluding hydrogens is 411 g/mol. The van der Waals surface area contributed by atoms with Gasteiger partial charge in [-0.15, -0.1) is 0 Å². The zero-order valence-corrected chi connectivity index (χ0v) is 13.1. The summed E-state index contributed by atoms with van der Waals surface area (Å²) in [6.07, 6.45) is -0.524. The third-order valence-corrected chi connectivity index (χ3v) is 4.02. The maximum atomic E-state index is 12.4. The Balaban J connectivity index is 2.21. The molecule has 2 rings (SSSR count). The number of nitrogens with zero attached hydrogens (tertiary/aromatic N) is 2. The highest BCUT2D eigenvalue weighted by Crippen LogP contribution is 2.22. The van der Waals surface area contributed by atoms with Crippen LogP contribution in [-0.2, 0) is 4.74 Å². The minimum atomic E-state index is -0.524. The summed E-state index contributed by atoms with van der Waals surface area (Å²) in [7, 11) is 0. The maximum absolute atomic E-state index is 12.4. The lowest BCUT2D eigenvalue weighted by atomic mass is 10.2. The van der Waals surface area contributed by atoms with Crippen LogP contribution in [0.5, 0.6) is 0 Å². The zero-order chi connectivity index (χ0) is 13.1. The van der Waals surface area contributed by atoms with Crippen molar-refractivity contribution >= 4 is 44.4 Å². The summed E-state index contributed by atoms with van der Waals surface area (Å²) in [5.41, 5.74) is 0.625. The van der Waals surface area contributed by atoms with Crippen molar-refractivity contribution in [2.75, 3.05) is 19.7 Å². The fraction of sp³-hybridized carbons (Fsp3) is 0.333. The molecule has 0 aromatic heterocycles. The fourth-order valence-corrected chi connectivity index (χ4v) is 2.65. The van der Waals surface area contributed by atoms with Crippen LogP contribution >= 0.6 is 38.5 Å². The molecular formula is C12H10BrIN2O2. The third kappa shape index (κ3) is 3.02. The highest BCUT2D eigenvalue weighted by atomic mass is 127. The minimum Gasteiger partial charge on any atom is -0.360 e. The second-order valence-corrected chi connectivity index (χ2v) is 5.96. The summed E-state index contributed by atoms with van der Waals surface area (Å²) in [5, 5.41) is 8.84. The van der Waals surface area contributed by atoms with Crippen LogP contribution < -0.4 is 0 Å². The highest BCUT2D eigenvalue weighted by Gasteiger charge is 2.25. The van der Waals surface area contributed by atoms with Gasteiger partial charge in [-0.3, -0.25) is 4.79 Å². The van der Waals surface area contributed by atoms with Gasteiger partial charge in [0.1, 0.15) is 0 Å².